The van der Waals surface area contributed by atoms with E-state index >= 15 is 0 Å². The van der Waals surface area contributed by atoms with Gasteiger partial charge in [0.2, 0.25) is 5.75 Å². The zero-order valence-corrected chi connectivity index (χ0v) is 17.8. The van der Waals surface area contributed by atoms with E-state index in [1.165, 1.54) is 10.7 Å². The monoisotopic (exact) mass is 415 g/mol. The molecule has 2 aromatic rings. The summed E-state index contributed by atoms with van der Waals surface area (Å²) >= 11 is 0. The number of carbonyl (C=O) groups is 1. The Morgan fingerprint density at radius 2 is 1.70 bits per heavy atom. The summed E-state index contributed by atoms with van der Waals surface area (Å²) in [4.78, 5) is 24.7. The number of nitrogens with one attached hydrogen (secondary N) is 1. The van der Waals surface area contributed by atoms with E-state index in [4.69, 9.17) is 14.2 Å². The minimum Gasteiger partial charge on any atom is -0.490 e. The normalized spacial score (nSPS) is 13.0. The highest BCUT2D eigenvalue weighted by atomic mass is 16.5. The Bertz CT molecular complexity index is 910. The first kappa shape index (κ1) is 21.7. The van der Waals surface area contributed by atoms with Crippen LogP contribution < -0.4 is 25.1 Å². The lowest BCUT2D eigenvalue weighted by molar-refractivity contribution is 0.0950. The van der Waals surface area contributed by atoms with Crippen LogP contribution in [0.1, 0.15) is 55.6 Å². The number of aromatic nitrogens is 2. The number of nitrogens with zero attached hydrogens (tertiary/aromatic N) is 2. The van der Waals surface area contributed by atoms with E-state index in [1.807, 2.05) is 20.8 Å². The highest BCUT2D eigenvalue weighted by Gasteiger charge is 2.25. The quantitative estimate of drug-likeness (QED) is 0.607. The third kappa shape index (κ3) is 5.31. The number of hydrogen-bond acceptors (Lipinski definition) is 6. The average Bonchev–Trinajstić information content (AvgIpc) is 3.57. The SMILES string of the molecule is CCOc1cc(C(=O)NCCn2nc(C3CC3)ccc2=O)cc(OCC)c1OCC. The highest BCUT2D eigenvalue weighted by molar-refractivity contribution is 5.95. The Morgan fingerprint density at radius 1 is 1.07 bits per heavy atom. The fourth-order valence-electron chi connectivity index (χ4n) is 3.12. The Labute approximate surface area is 176 Å². The Kier molecular flexibility index (Phi) is 7.32. The molecule has 0 aliphatic heterocycles. The first-order chi connectivity index (χ1) is 14.6. The van der Waals surface area contributed by atoms with Gasteiger partial charge in [-0.2, -0.15) is 5.10 Å². The molecule has 0 atom stereocenters. The number of hydrogen-bond donors (Lipinski definition) is 1. The van der Waals surface area contributed by atoms with E-state index in [0.717, 1.165) is 18.5 Å². The van der Waals surface area contributed by atoms with Crippen molar-refractivity contribution in [1.82, 2.24) is 15.1 Å². The second kappa shape index (κ2) is 10.1. The standard InChI is InChI=1S/C22H29N3O5/c1-4-28-18-13-16(14-19(29-5-2)21(18)30-6-3)22(27)23-11-12-25-20(26)10-9-17(24-25)15-7-8-15/h9-10,13-15H,4-8,11-12H2,1-3H3,(H,23,27). The summed E-state index contributed by atoms with van der Waals surface area (Å²) in [5.41, 5.74) is 1.17. The summed E-state index contributed by atoms with van der Waals surface area (Å²) < 4.78 is 18.4. The maximum absolute atomic E-state index is 12.7. The Hall–Kier alpha value is -3.03. The van der Waals surface area contributed by atoms with Crippen molar-refractivity contribution in [3.8, 4) is 17.2 Å². The molecule has 8 nitrogen and oxygen atoms in total. The summed E-state index contributed by atoms with van der Waals surface area (Å²) in [6, 6.07) is 6.62. The van der Waals surface area contributed by atoms with Crippen molar-refractivity contribution in [3.05, 3.63) is 45.9 Å². The van der Waals surface area contributed by atoms with Gasteiger partial charge in [-0.1, -0.05) is 0 Å². The Morgan fingerprint density at radius 3 is 2.27 bits per heavy atom. The largest absolute Gasteiger partial charge is 0.490 e. The van der Waals surface area contributed by atoms with Gasteiger partial charge in [-0.05, 0) is 51.8 Å². The third-order valence-corrected chi connectivity index (χ3v) is 4.66. The van der Waals surface area contributed by atoms with Gasteiger partial charge in [0.05, 0.1) is 32.1 Å². The first-order valence-electron chi connectivity index (χ1n) is 10.5. The van der Waals surface area contributed by atoms with Gasteiger partial charge in [0, 0.05) is 24.1 Å². The van der Waals surface area contributed by atoms with Gasteiger partial charge in [-0.3, -0.25) is 9.59 Å². The van der Waals surface area contributed by atoms with E-state index < -0.39 is 0 Å². The van der Waals surface area contributed by atoms with E-state index in [9.17, 15) is 9.59 Å². The molecule has 1 heterocycles. The maximum atomic E-state index is 12.7. The number of benzene rings is 1. The van der Waals surface area contributed by atoms with Gasteiger partial charge in [0.15, 0.2) is 11.5 Å². The van der Waals surface area contributed by atoms with Gasteiger partial charge >= 0.3 is 0 Å². The van der Waals surface area contributed by atoms with Crippen LogP contribution in [-0.2, 0) is 6.54 Å². The molecule has 1 saturated carbocycles. The summed E-state index contributed by atoms with van der Waals surface area (Å²) in [5, 5.41) is 7.25. The van der Waals surface area contributed by atoms with Crippen molar-refractivity contribution in [3.63, 3.8) is 0 Å². The fourth-order valence-corrected chi connectivity index (χ4v) is 3.12. The Balaban J connectivity index is 1.71. The van der Waals surface area contributed by atoms with Gasteiger partial charge < -0.3 is 19.5 Å². The minimum atomic E-state index is -0.286. The van der Waals surface area contributed by atoms with Crippen molar-refractivity contribution in [2.75, 3.05) is 26.4 Å². The van der Waals surface area contributed by atoms with E-state index in [2.05, 4.69) is 10.4 Å². The molecule has 30 heavy (non-hydrogen) atoms. The summed E-state index contributed by atoms with van der Waals surface area (Å²) in [5.74, 6) is 1.59. The predicted molar refractivity (Wildman–Crippen MR) is 113 cm³/mol. The van der Waals surface area contributed by atoms with Crippen molar-refractivity contribution in [1.29, 1.82) is 0 Å². The number of carbonyl (C=O) groups excluding carboxylic acids is 1. The molecule has 8 heteroatoms. The minimum absolute atomic E-state index is 0.174. The van der Waals surface area contributed by atoms with Crippen LogP contribution in [-0.4, -0.2) is 42.1 Å². The van der Waals surface area contributed by atoms with Crippen LogP contribution in [0.4, 0.5) is 0 Å². The fraction of sp³-hybridized carbons (Fsp3) is 0.500. The van der Waals surface area contributed by atoms with Crippen molar-refractivity contribution in [2.24, 2.45) is 0 Å². The van der Waals surface area contributed by atoms with E-state index in [0.29, 0.717) is 55.1 Å². The smallest absolute Gasteiger partial charge is 0.266 e. The molecular weight excluding hydrogens is 386 g/mol. The van der Waals surface area contributed by atoms with Gasteiger partial charge in [-0.15, -0.1) is 0 Å². The van der Waals surface area contributed by atoms with Crippen molar-refractivity contribution < 1.29 is 19.0 Å². The van der Waals surface area contributed by atoms with Crippen molar-refractivity contribution >= 4 is 5.91 Å². The number of rotatable bonds is 11. The molecule has 1 fully saturated rings. The lowest BCUT2D eigenvalue weighted by atomic mass is 10.1. The molecule has 1 aromatic carbocycles. The molecule has 162 valence electrons. The van der Waals surface area contributed by atoms with Crippen LogP contribution in [0.15, 0.2) is 29.1 Å². The molecule has 0 unspecified atom stereocenters. The molecule has 1 aliphatic rings. The maximum Gasteiger partial charge on any atom is 0.266 e. The molecule has 0 spiro atoms. The molecule has 1 aliphatic carbocycles. The zero-order chi connectivity index (χ0) is 21.5. The second-order valence-corrected chi connectivity index (χ2v) is 6.95. The molecule has 0 radical (unpaired) electrons. The van der Waals surface area contributed by atoms with Crippen LogP contribution in [0.25, 0.3) is 0 Å². The summed E-state index contributed by atoms with van der Waals surface area (Å²) in [6.07, 6.45) is 2.23. The van der Waals surface area contributed by atoms with Gasteiger partial charge in [0.25, 0.3) is 11.5 Å². The molecule has 0 bridgehead atoms. The molecule has 1 aromatic heterocycles. The van der Waals surface area contributed by atoms with Gasteiger partial charge in [0.1, 0.15) is 0 Å². The lowest BCUT2D eigenvalue weighted by Crippen LogP contribution is -2.32. The number of ether oxygens (including phenoxy) is 3. The summed E-state index contributed by atoms with van der Waals surface area (Å²) in [6.45, 7) is 7.51. The lowest BCUT2D eigenvalue weighted by Gasteiger charge is -2.17. The van der Waals surface area contributed by atoms with E-state index in [1.54, 1.807) is 18.2 Å². The third-order valence-electron chi connectivity index (χ3n) is 4.66. The van der Waals surface area contributed by atoms with E-state index in [-0.39, 0.29) is 18.0 Å². The molecule has 3 rings (SSSR count). The van der Waals surface area contributed by atoms with Crippen LogP contribution >= 0.6 is 0 Å². The molecule has 1 N–H and O–H groups in total. The highest BCUT2D eigenvalue weighted by Crippen LogP contribution is 2.39. The zero-order valence-electron chi connectivity index (χ0n) is 17.8. The van der Waals surface area contributed by atoms with Crippen LogP contribution in [0.5, 0.6) is 17.2 Å². The average molecular weight is 415 g/mol. The van der Waals surface area contributed by atoms with Crippen LogP contribution in [0.3, 0.4) is 0 Å². The predicted octanol–water partition coefficient (Wildman–Crippen LogP) is 2.75. The molecular formula is C22H29N3O5. The first-order valence-corrected chi connectivity index (χ1v) is 10.5. The second-order valence-electron chi connectivity index (χ2n) is 6.95. The van der Waals surface area contributed by atoms with Crippen molar-refractivity contribution in [2.45, 2.75) is 46.1 Å². The molecule has 1 amide bonds. The van der Waals surface area contributed by atoms with Crippen LogP contribution in [0.2, 0.25) is 0 Å². The number of amides is 1. The van der Waals surface area contributed by atoms with Gasteiger partial charge in [-0.25, -0.2) is 4.68 Å². The topological polar surface area (TPSA) is 91.7 Å². The van der Waals surface area contributed by atoms with Crippen LogP contribution in [0, 0.1) is 0 Å². The molecule has 0 saturated heterocycles. The summed E-state index contributed by atoms with van der Waals surface area (Å²) in [7, 11) is 0.